The highest BCUT2D eigenvalue weighted by atomic mass is 16.5. The molecule has 3 aromatic heterocycles. The number of fused-ring (bicyclic) bond motifs is 2. The third-order valence-corrected chi connectivity index (χ3v) is 6.69. The van der Waals surface area contributed by atoms with Crippen LogP contribution in [0.1, 0.15) is 24.6 Å². The van der Waals surface area contributed by atoms with Crippen LogP contribution < -0.4 is 5.73 Å². The fraction of sp³-hybridized carbons (Fsp3) is 0.259. The van der Waals surface area contributed by atoms with Crippen LogP contribution in [0.5, 0.6) is 0 Å². The van der Waals surface area contributed by atoms with Crippen molar-refractivity contribution in [2.24, 2.45) is 11.8 Å². The number of rotatable bonds is 7. The average Bonchev–Trinajstić information content (AvgIpc) is 3.36. The van der Waals surface area contributed by atoms with E-state index in [2.05, 4.69) is 52.7 Å². The molecule has 0 aliphatic heterocycles. The highest BCUT2D eigenvalue weighted by molar-refractivity contribution is 5.92. The molecule has 6 rings (SSSR count). The highest BCUT2D eigenvalue weighted by Crippen LogP contribution is 2.43. The maximum absolute atomic E-state index is 12.1. The van der Waals surface area contributed by atoms with Crippen molar-refractivity contribution in [3.63, 3.8) is 0 Å². The van der Waals surface area contributed by atoms with Crippen LogP contribution in [0, 0.1) is 11.8 Å². The first kappa shape index (κ1) is 21.3. The van der Waals surface area contributed by atoms with Crippen molar-refractivity contribution < 1.29 is 9.53 Å². The Morgan fingerprint density at radius 2 is 2.03 bits per heavy atom. The zero-order valence-electron chi connectivity index (χ0n) is 19.5. The van der Waals surface area contributed by atoms with Gasteiger partial charge in [0.2, 0.25) is 0 Å². The van der Waals surface area contributed by atoms with Crippen molar-refractivity contribution in [2.75, 3.05) is 12.3 Å². The molecule has 0 unspecified atom stereocenters. The first-order valence-corrected chi connectivity index (χ1v) is 11.9. The molecule has 1 aliphatic rings. The molecule has 0 amide bonds. The van der Waals surface area contributed by atoms with Gasteiger partial charge in [-0.2, -0.15) is 10.2 Å². The van der Waals surface area contributed by atoms with Gasteiger partial charge in [0.1, 0.15) is 11.8 Å². The van der Waals surface area contributed by atoms with E-state index in [4.69, 9.17) is 15.6 Å². The van der Waals surface area contributed by atoms with Gasteiger partial charge in [-0.15, -0.1) is 0 Å². The SMILES string of the molecule is CCOC(=O)[C@H]1C[C@H]1Cc1cc(-c2ccc3cn(Cc4ccccc4)nc3c2)c2c(N)ncnn12. The molecule has 0 radical (unpaired) electrons. The minimum Gasteiger partial charge on any atom is -0.466 e. The standard InChI is InChI=1S/C27H26N6O2/c1-2-35-27(34)23-11-20(23)10-21-13-22(25-26(28)29-16-30-33(21)25)18-8-9-19-15-32(31-24(19)12-18)14-17-6-4-3-5-7-17/h3-9,12-13,15-16,20,23H,2,10-11,14H2,1H3,(H2,28,29,30)/t20-,23+/m1/s1. The second-order valence-electron chi connectivity index (χ2n) is 9.10. The first-order chi connectivity index (χ1) is 17.1. The van der Waals surface area contributed by atoms with Gasteiger partial charge in [-0.3, -0.25) is 9.48 Å². The lowest BCUT2D eigenvalue weighted by molar-refractivity contribution is -0.145. The molecule has 1 saturated carbocycles. The second kappa shape index (κ2) is 8.54. The molecule has 1 fully saturated rings. The summed E-state index contributed by atoms with van der Waals surface area (Å²) in [6.45, 7) is 2.96. The minimum atomic E-state index is -0.107. The van der Waals surface area contributed by atoms with Gasteiger partial charge in [-0.05, 0) is 48.9 Å². The lowest BCUT2D eigenvalue weighted by Crippen LogP contribution is -2.09. The van der Waals surface area contributed by atoms with E-state index in [0.717, 1.165) is 46.1 Å². The van der Waals surface area contributed by atoms with Gasteiger partial charge in [-0.1, -0.05) is 42.5 Å². The molecular weight excluding hydrogens is 440 g/mol. The molecule has 2 aromatic carbocycles. The number of carbonyl (C=O) groups excluding carboxylic acids is 1. The number of esters is 1. The third-order valence-electron chi connectivity index (χ3n) is 6.69. The number of hydrogen-bond acceptors (Lipinski definition) is 6. The summed E-state index contributed by atoms with van der Waals surface area (Å²) < 4.78 is 9.02. The van der Waals surface area contributed by atoms with Crippen LogP contribution >= 0.6 is 0 Å². The topological polar surface area (TPSA) is 100 Å². The van der Waals surface area contributed by atoms with Crippen LogP contribution in [0.3, 0.4) is 0 Å². The normalized spacial score (nSPS) is 17.2. The predicted molar refractivity (Wildman–Crippen MR) is 134 cm³/mol. The van der Waals surface area contributed by atoms with Crippen molar-refractivity contribution in [3.05, 3.63) is 78.4 Å². The molecular formula is C27H26N6O2. The molecule has 0 spiro atoms. The van der Waals surface area contributed by atoms with E-state index in [1.165, 1.54) is 11.9 Å². The van der Waals surface area contributed by atoms with E-state index in [9.17, 15) is 4.79 Å². The molecule has 5 aromatic rings. The number of hydrogen-bond donors (Lipinski definition) is 1. The van der Waals surface area contributed by atoms with Crippen molar-refractivity contribution in [1.82, 2.24) is 24.4 Å². The number of anilines is 1. The maximum Gasteiger partial charge on any atom is 0.309 e. The van der Waals surface area contributed by atoms with Crippen molar-refractivity contribution in [1.29, 1.82) is 0 Å². The van der Waals surface area contributed by atoms with Crippen molar-refractivity contribution in [3.8, 4) is 11.1 Å². The molecule has 35 heavy (non-hydrogen) atoms. The summed E-state index contributed by atoms with van der Waals surface area (Å²) in [5, 5.41) is 10.4. The summed E-state index contributed by atoms with van der Waals surface area (Å²) in [4.78, 5) is 16.3. The molecule has 2 atom stereocenters. The van der Waals surface area contributed by atoms with Gasteiger partial charge in [0.15, 0.2) is 5.82 Å². The first-order valence-electron chi connectivity index (χ1n) is 11.9. The fourth-order valence-electron chi connectivity index (χ4n) is 4.86. The van der Waals surface area contributed by atoms with Gasteiger partial charge in [0, 0.05) is 22.8 Å². The Bertz CT molecular complexity index is 1540. The molecule has 2 N–H and O–H groups in total. The molecule has 8 nitrogen and oxygen atoms in total. The number of carbonyl (C=O) groups is 1. The average molecular weight is 467 g/mol. The van der Waals surface area contributed by atoms with Gasteiger partial charge in [0.05, 0.1) is 24.6 Å². The van der Waals surface area contributed by atoms with Gasteiger partial charge >= 0.3 is 5.97 Å². The maximum atomic E-state index is 12.1. The number of nitrogen functional groups attached to an aromatic ring is 1. The van der Waals surface area contributed by atoms with Gasteiger partial charge in [-0.25, -0.2) is 9.50 Å². The summed E-state index contributed by atoms with van der Waals surface area (Å²) in [6.07, 6.45) is 5.11. The van der Waals surface area contributed by atoms with Crippen molar-refractivity contribution in [2.45, 2.75) is 26.3 Å². The molecule has 8 heteroatoms. The molecule has 1 aliphatic carbocycles. The molecule has 3 heterocycles. The van der Waals surface area contributed by atoms with Crippen LogP contribution in [0.25, 0.3) is 27.5 Å². The smallest absolute Gasteiger partial charge is 0.309 e. The van der Waals surface area contributed by atoms with Crippen LogP contribution in [0.15, 0.2) is 67.1 Å². The van der Waals surface area contributed by atoms with Gasteiger partial charge < -0.3 is 10.5 Å². The largest absolute Gasteiger partial charge is 0.466 e. The van der Waals surface area contributed by atoms with Crippen molar-refractivity contribution >= 4 is 28.2 Å². The Morgan fingerprint density at radius 1 is 1.17 bits per heavy atom. The Morgan fingerprint density at radius 3 is 2.86 bits per heavy atom. The Kier molecular flexibility index (Phi) is 5.21. The number of benzene rings is 2. The Hall–Kier alpha value is -4.20. The fourth-order valence-corrected chi connectivity index (χ4v) is 4.86. The summed E-state index contributed by atoms with van der Waals surface area (Å²) in [7, 11) is 0. The van der Waals surface area contributed by atoms with E-state index in [0.29, 0.717) is 19.0 Å². The summed E-state index contributed by atoms with van der Waals surface area (Å²) in [6, 6.07) is 18.7. The zero-order chi connectivity index (χ0) is 23.9. The summed E-state index contributed by atoms with van der Waals surface area (Å²) in [5.41, 5.74) is 12.2. The predicted octanol–water partition coefficient (Wildman–Crippen LogP) is 4.12. The summed E-state index contributed by atoms with van der Waals surface area (Å²) >= 11 is 0. The quantitative estimate of drug-likeness (QED) is 0.362. The number of nitrogens with two attached hydrogens (primary N) is 1. The van der Waals surface area contributed by atoms with E-state index >= 15 is 0 Å². The highest BCUT2D eigenvalue weighted by Gasteiger charge is 2.44. The Labute approximate surface area is 202 Å². The minimum absolute atomic E-state index is 0.0342. The zero-order valence-corrected chi connectivity index (χ0v) is 19.5. The monoisotopic (exact) mass is 466 g/mol. The summed E-state index contributed by atoms with van der Waals surface area (Å²) in [5.74, 6) is 0.540. The number of ether oxygens (including phenoxy) is 1. The van der Waals surface area contributed by atoms with Gasteiger partial charge in [0.25, 0.3) is 0 Å². The van der Waals surface area contributed by atoms with Crippen LogP contribution in [0.2, 0.25) is 0 Å². The van der Waals surface area contributed by atoms with E-state index in [-0.39, 0.29) is 17.8 Å². The second-order valence-corrected chi connectivity index (χ2v) is 9.10. The number of aromatic nitrogens is 5. The lowest BCUT2D eigenvalue weighted by atomic mass is 10.0. The third kappa shape index (κ3) is 4.01. The molecule has 0 bridgehead atoms. The molecule has 176 valence electrons. The number of nitrogens with zero attached hydrogens (tertiary/aromatic N) is 5. The Balaban J connectivity index is 1.34. The lowest BCUT2D eigenvalue weighted by Gasteiger charge is -2.04. The van der Waals surface area contributed by atoms with Crippen LogP contribution in [-0.4, -0.2) is 37.0 Å². The van der Waals surface area contributed by atoms with Crippen LogP contribution in [-0.2, 0) is 22.5 Å². The van der Waals surface area contributed by atoms with Crippen LogP contribution in [0.4, 0.5) is 5.82 Å². The van der Waals surface area contributed by atoms with E-state index < -0.39 is 0 Å². The van der Waals surface area contributed by atoms with E-state index in [1.807, 2.05) is 34.3 Å². The molecule has 0 saturated heterocycles. The van der Waals surface area contributed by atoms with E-state index in [1.54, 1.807) is 0 Å².